The van der Waals surface area contributed by atoms with Gasteiger partial charge in [0.1, 0.15) is 12.7 Å². The lowest BCUT2D eigenvalue weighted by Gasteiger charge is -2.41. The molecule has 29 heavy (non-hydrogen) atoms. The fourth-order valence-corrected chi connectivity index (χ4v) is 3.36. The lowest BCUT2D eigenvalue weighted by molar-refractivity contribution is -0.172. The number of amides is 1. The quantitative estimate of drug-likeness (QED) is 0.398. The molecular formula is C20H25NO8. The average Bonchev–Trinajstić information content (AvgIpc) is 2.73. The van der Waals surface area contributed by atoms with Crippen LogP contribution in [-0.4, -0.2) is 61.8 Å². The van der Waals surface area contributed by atoms with Crippen molar-refractivity contribution in [1.82, 2.24) is 4.90 Å². The van der Waals surface area contributed by atoms with Gasteiger partial charge in [-0.3, -0.25) is 14.4 Å². The van der Waals surface area contributed by atoms with Crippen LogP contribution in [0.5, 0.6) is 0 Å². The van der Waals surface area contributed by atoms with Gasteiger partial charge in [0, 0.05) is 13.5 Å². The molecule has 9 heteroatoms. The van der Waals surface area contributed by atoms with Crippen molar-refractivity contribution in [2.24, 2.45) is 5.92 Å². The highest BCUT2D eigenvalue weighted by Gasteiger charge is 2.49. The minimum absolute atomic E-state index is 0.0161. The number of hydrogen-bond donors (Lipinski definition) is 0. The molecule has 0 radical (unpaired) electrons. The number of ether oxygens (including phenoxy) is 4. The first kappa shape index (κ1) is 22.2. The number of carbonyl (C=O) groups is 4. The Morgan fingerprint density at radius 2 is 1.69 bits per heavy atom. The minimum atomic E-state index is -1.47. The molecule has 1 aromatic carbocycles. The van der Waals surface area contributed by atoms with Gasteiger partial charge < -0.3 is 23.8 Å². The molecule has 0 aliphatic carbocycles. The number of carbonyl (C=O) groups excluding carboxylic acids is 4. The zero-order chi connectivity index (χ0) is 21.4. The predicted octanol–water partition coefficient (Wildman–Crippen LogP) is 1.68. The second kappa shape index (κ2) is 10.4. The maximum Gasteiger partial charge on any atom is 0.410 e. The van der Waals surface area contributed by atoms with E-state index in [2.05, 4.69) is 0 Å². The summed E-state index contributed by atoms with van der Waals surface area (Å²) < 4.78 is 20.2. The number of rotatable bonds is 6. The number of likely N-dealkylation sites (tertiary alicyclic amines) is 1. The molecule has 2 atom stereocenters. The second-order valence-electron chi connectivity index (χ2n) is 6.54. The van der Waals surface area contributed by atoms with Crippen molar-refractivity contribution in [2.45, 2.75) is 38.5 Å². The summed E-state index contributed by atoms with van der Waals surface area (Å²) >= 11 is 0. The van der Waals surface area contributed by atoms with Gasteiger partial charge >= 0.3 is 24.0 Å². The van der Waals surface area contributed by atoms with E-state index in [4.69, 9.17) is 18.9 Å². The van der Waals surface area contributed by atoms with Crippen LogP contribution in [0.2, 0.25) is 0 Å². The van der Waals surface area contributed by atoms with Gasteiger partial charge in [-0.25, -0.2) is 4.79 Å². The standard InChI is InChI=1S/C20H25NO8/c1-13(22)29-15-10-7-11-21(17(15)16(18(23)26-2)19(24)27-3)20(25)28-12-14-8-5-4-6-9-14/h4-6,8-9,15-17H,7,10-12H2,1-3H3/t15-,17-/m1/s1. The smallest absolute Gasteiger partial charge is 0.410 e. The van der Waals surface area contributed by atoms with Gasteiger partial charge in [0.2, 0.25) is 0 Å². The Morgan fingerprint density at radius 3 is 2.24 bits per heavy atom. The van der Waals surface area contributed by atoms with Crippen LogP contribution >= 0.6 is 0 Å². The molecular weight excluding hydrogens is 382 g/mol. The normalized spacial score (nSPS) is 18.7. The topological polar surface area (TPSA) is 108 Å². The maximum atomic E-state index is 12.8. The van der Waals surface area contributed by atoms with Gasteiger partial charge in [-0.1, -0.05) is 30.3 Å². The van der Waals surface area contributed by atoms with E-state index in [0.29, 0.717) is 12.8 Å². The van der Waals surface area contributed by atoms with Crippen LogP contribution in [0.25, 0.3) is 0 Å². The first-order chi connectivity index (χ1) is 13.9. The van der Waals surface area contributed by atoms with Crippen LogP contribution in [0.3, 0.4) is 0 Å². The zero-order valence-corrected chi connectivity index (χ0v) is 16.7. The number of esters is 3. The molecule has 0 aromatic heterocycles. The summed E-state index contributed by atoms with van der Waals surface area (Å²) in [5, 5.41) is 0. The highest BCUT2D eigenvalue weighted by molar-refractivity contribution is 5.96. The van der Waals surface area contributed by atoms with Gasteiger partial charge in [-0.15, -0.1) is 0 Å². The van der Waals surface area contributed by atoms with Crippen LogP contribution in [0.4, 0.5) is 4.79 Å². The summed E-state index contributed by atoms with van der Waals surface area (Å²) in [6.07, 6.45) is -0.733. The molecule has 1 fully saturated rings. The van der Waals surface area contributed by atoms with Gasteiger partial charge in [0.05, 0.1) is 20.3 Å². The third kappa shape index (κ3) is 5.69. The molecule has 1 amide bonds. The van der Waals surface area contributed by atoms with Gasteiger partial charge in [-0.2, -0.15) is 0 Å². The van der Waals surface area contributed by atoms with Crippen LogP contribution in [0.1, 0.15) is 25.3 Å². The van der Waals surface area contributed by atoms with Crippen LogP contribution in [0.15, 0.2) is 30.3 Å². The lowest BCUT2D eigenvalue weighted by Crippen LogP contribution is -2.59. The Bertz CT molecular complexity index is 719. The number of methoxy groups -OCH3 is 2. The monoisotopic (exact) mass is 407 g/mol. The fourth-order valence-electron chi connectivity index (χ4n) is 3.36. The molecule has 0 saturated carbocycles. The minimum Gasteiger partial charge on any atom is -0.468 e. The molecule has 1 heterocycles. The Morgan fingerprint density at radius 1 is 1.07 bits per heavy atom. The summed E-state index contributed by atoms with van der Waals surface area (Å²) in [7, 11) is 2.25. The second-order valence-corrected chi connectivity index (χ2v) is 6.54. The summed E-state index contributed by atoms with van der Waals surface area (Å²) in [6, 6.07) is 7.97. The molecule has 0 bridgehead atoms. The molecule has 1 saturated heterocycles. The average molecular weight is 407 g/mol. The lowest BCUT2D eigenvalue weighted by atomic mass is 9.87. The van der Waals surface area contributed by atoms with E-state index in [0.717, 1.165) is 19.8 Å². The van der Waals surface area contributed by atoms with Crippen LogP contribution in [-0.2, 0) is 39.9 Å². The van der Waals surface area contributed by atoms with E-state index in [-0.39, 0.29) is 13.2 Å². The zero-order valence-electron chi connectivity index (χ0n) is 16.7. The Balaban J connectivity index is 2.29. The summed E-state index contributed by atoms with van der Waals surface area (Å²) in [5.41, 5.74) is 0.781. The number of benzene rings is 1. The highest BCUT2D eigenvalue weighted by Crippen LogP contribution is 2.29. The van der Waals surface area contributed by atoms with Crippen molar-refractivity contribution in [3.63, 3.8) is 0 Å². The molecule has 1 aliphatic heterocycles. The van der Waals surface area contributed by atoms with Crippen molar-refractivity contribution < 1.29 is 38.1 Å². The molecule has 0 N–H and O–H groups in total. The number of hydrogen-bond acceptors (Lipinski definition) is 8. The van der Waals surface area contributed by atoms with Crippen LogP contribution in [0, 0.1) is 5.92 Å². The molecule has 9 nitrogen and oxygen atoms in total. The molecule has 158 valence electrons. The van der Waals surface area contributed by atoms with Crippen LogP contribution < -0.4 is 0 Å². The Labute approximate surface area is 168 Å². The van der Waals surface area contributed by atoms with Crippen molar-refractivity contribution in [3.05, 3.63) is 35.9 Å². The molecule has 0 unspecified atom stereocenters. The number of nitrogens with zero attached hydrogens (tertiary/aromatic N) is 1. The first-order valence-electron chi connectivity index (χ1n) is 9.19. The van der Waals surface area contributed by atoms with Crippen molar-refractivity contribution in [3.8, 4) is 0 Å². The molecule has 0 spiro atoms. The summed E-state index contributed by atoms with van der Waals surface area (Å²) in [5.74, 6) is -3.84. The molecule has 1 aliphatic rings. The van der Waals surface area contributed by atoms with Crippen molar-refractivity contribution in [1.29, 1.82) is 0 Å². The molecule has 1 aromatic rings. The first-order valence-corrected chi connectivity index (χ1v) is 9.19. The largest absolute Gasteiger partial charge is 0.468 e. The maximum absolute atomic E-state index is 12.8. The van der Waals surface area contributed by atoms with E-state index in [1.807, 2.05) is 18.2 Å². The van der Waals surface area contributed by atoms with Gasteiger partial charge in [0.25, 0.3) is 0 Å². The van der Waals surface area contributed by atoms with E-state index in [1.54, 1.807) is 12.1 Å². The fraction of sp³-hybridized carbons (Fsp3) is 0.500. The highest BCUT2D eigenvalue weighted by atomic mass is 16.6. The van der Waals surface area contributed by atoms with E-state index < -0.39 is 42.1 Å². The van der Waals surface area contributed by atoms with Gasteiger partial charge in [0.15, 0.2) is 5.92 Å². The van der Waals surface area contributed by atoms with Gasteiger partial charge in [-0.05, 0) is 18.4 Å². The van der Waals surface area contributed by atoms with E-state index in [9.17, 15) is 19.2 Å². The third-order valence-corrected chi connectivity index (χ3v) is 4.64. The Hall–Kier alpha value is -3.10. The summed E-state index contributed by atoms with van der Waals surface area (Å²) in [4.78, 5) is 50.3. The SMILES string of the molecule is COC(=O)C(C(=O)OC)[C@H]1[C@H](OC(C)=O)CCCN1C(=O)OCc1ccccc1. The van der Waals surface area contributed by atoms with E-state index >= 15 is 0 Å². The molecule has 2 rings (SSSR count). The Kier molecular flexibility index (Phi) is 7.99. The third-order valence-electron chi connectivity index (χ3n) is 4.64. The van der Waals surface area contributed by atoms with Crippen molar-refractivity contribution in [2.75, 3.05) is 20.8 Å². The summed E-state index contributed by atoms with van der Waals surface area (Å²) in [6.45, 7) is 1.46. The van der Waals surface area contributed by atoms with E-state index in [1.165, 1.54) is 11.8 Å². The predicted molar refractivity (Wildman–Crippen MR) is 99.4 cm³/mol. The number of piperidine rings is 1. The van der Waals surface area contributed by atoms with Crippen molar-refractivity contribution >= 4 is 24.0 Å².